The molecule has 3 heterocycles. The molecule has 160 valence electrons. The molecule has 0 saturated carbocycles. The van der Waals surface area contributed by atoms with Gasteiger partial charge in [-0.15, -0.1) is 10.2 Å². The van der Waals surface area contributed by atoms with Crippen molar-refractivity contribution in [2.75, 3.05) is 5.75 Å². The Morgan fingerprint density at radius 1 is 1.09 bits per heavy atom. The lowest BCUT2D eigenvalue weighted by atomic mass is 10.1. The fraction of sp³-hybridized carbons (Fsp3) is 0.0909. The number of carbonyl (C=O) groups is 1. The van der Waals surface area contributed by atoms with E-state index in [4.69, 9.17) is 11.6 Å². The molecular weight excluding hydrogens is 451 g/mol. The number of carbonyl (C=O) groups excluding carboxylic acids is 1. The van der Waals surface area contributed by atoms with E-state index < -0.39 is 0 Å². The lowest BCUT2D eigenvalue weighted by Crippen LogP contribution is -2.24. The zero-order chi connectivity index (χ0) is 22.1. The highest BCUT2D eigenvalue weighted by Gasteiger charge is 2.14. The molecule has 0 fully saturated rings. The highest BCUT2D eigenvalue weighted by molar-refractivity contribution is 7.99. The highest BCUT2D eigenvalue weighted by atomic mass is 35.5. The lowest BCUT2D eigenvalue weighted by molar-refractivity contribution is -0.118. The van der Waals surface area contributed by atoms with Crippen molar-refractivity contribution in [2.24, 2.45) is 0 Å². The average molecular weight is 467 g/mol. The van der Waals surface area contributed by atoms with Crippen LogP contribution in [0.2, 0.25) is 5.02 Å². The van der Waals surface area contributed by atoms with Gasteiger partial charge in [-0.2, -0.15) is 5.10 Å². The molecule has 0 radical (unpaired) electrons. The number of benzene rings is 2. The van der Waals surface area contributed by atoms with Gasteiger partial charge in [0.2, 0.25) is 5.91 Å². The van der Waals surface area contributed by atoms with E-state index in [0.29, 0.717) is 28.1 Å². The fourth-order valence-corrected chi connectivity index (χ4v) is 4.22. The third kappa shape index (κ3) is 4.04. The van der Waals surface area contributed by atoms with Crippen LogP contribution in [0.5, 0.6) is 0 Å². The maximum absolute atomic E-state index is 13.2. The molecule has 5 aromatic rings. The first kappa shape index (κ1) is 20.5. The van der Waals surface area contributed by atoms with Gasteiger partial charge in [-0.3, -0.25) is 9.20 Å². The largest absolute Gasteiger partial charge is 0.351 e. The van der Waals surface area contributed by atoms with Crippen molar-refractivity contribution in [3.8, 4) is 11.3 Å². The van der Waals surface area contributed by atoms with Crippen LogP contribution in [0.15, 0.2) is 72.1 Å². The Kier molecular flexibility index (Phi) is 5.50. The summed E-state index contributed by atoms with van der Waals surface area (Å²) in [5, 5.41) is 17.1. The Bertz CT molecular complexity index is 1430. The van der Waals surface area contributed by atoms with E-state index in [9.17, 15) is 9.18 Å². The van der Waals surface area contributed by atoms with E-state index in [1.165, 1.54) is 23.9 Å². The second-order valence-corrected chi connectivity index (χ2v) is 8.35. The summed E-state index contributed by atoms with van der Waals surface area (Å²) in [5.74, 6) is -0.234. The number of hydrogen-bond acceptors (Lipinski definition) is 5. The molecule has 10 heteroatoms. The minimum absolute atomic E-state index is 0.129. The van der Waals surface area contributed by atoms with E-state index in [0.717, 1.165) is 16.6 Å². The van der Waals surface area contributed by atoms with Gasteiger partial charge in [0, 0.05) is 29.5 Å². The molecule has 32 heavy (non-hydrogen) atoms. The Morgan fingerprint density at radius 3 is 2.72 bits per heavy atom. The lowest BCUT2D eigenvalue weighted by Gasteiger charge is -2.06. The third-order valence-electron chi connectivity index (χ3n) is 4.89. The molecule has 1 amide bonds. The summed E-state index contributed by atoms with van der Waals surface area (Å²) in [6, 6.07) is 15.4. The van der Waals surface area contributed by atoms with E-state index in [-0.39, 0.29) is 17.5 Å². The van der Waals surface area contributed by atoms with E-state index in [1.54, 1.807) is 35.1 Å². The predicted molar refractivity (Wildman–Crippen MR) is 121 cm³/mol. The molecule has 0 saturated heterocycles. The molecule has 3 aromatic heterocycles. The first-order valence-corrected chi connectivity index (χ1v) is 11.1. The number of aromatic nitrogens is 5. The topological polar surface area (TPSA) is 76.6 Å². The number of halogens is 2. The average Bonchev–Trinajstić information content (AvgIpc) is 3.41. The first-order valence-electron chi connectivity index (χ1n) is 9.70. The summed E-state index contributed by atoms with van der Waals surface area (Å²) < 4.78 is 16.7. The zero-order valence-corrected chi connectivity index (χ0v) is 18.1. The second-order valence-electron chi connectivity index (χ2n) is 7.00. The smallest absolute Gasteiger partial charge is 0.230 e. The van der Waals surface area contributed by atoms with Crippen LogP contribution in [0.25, 0.3) is 22.4 Å². The van der Waals surface area contributed by atoms with Gasteiger partial charge in [0.25, 0.3) is 0 Å². The van der Waals surface area contributed by atoms with Crippen LogP contribution < -0.4 is 5.32 Å². The van der Waals surface area contributed by atoms with Crippen LogP contribution in [0.1, 0.15) is 5.56 Å². The summed E-state index contributed by atoms with van der Waals surface area (Å²) in [4.78, 5) is 12.3. The first-order chi connectivity index (χ1) is 15.6. The number of thioether (sulfide) groups is 1. The van der Waals surface area contributed by atoms with Crippen molar-refractivity contribution >= 4 is 40.4 Å². The quantitative estimate of drug-likeness (QED) is 0.379. The molecule has 7 nitrogen and oxygen atoms in total. The van der Waals surface area contributed by atoms with E-state index >= 15 is 0 Å². The number of fused-ring (bicyclic) bond motifs is 3. The summed E-state index contributed by atoms with van der Waals surface area (Å²) in [6.45, 7) is 0.363. The van der Waals surface area contributed by atoms with Crippen LogP contribution in [0, 0.1) is 5.82 Å². The molecule has 0 atom stereocenters. The monoisotopic (exact) mass is 466 g/mol. The number of rotatable bonds is 6. The molecule has 5 rings (SSSR count). The molecule has 0 aliphatic heterocycles. The van der Waals surface area contributed by atoms with Crippen molar-refractivity contribution in [1.82, 2.24) is 29.5 Å². The number of hydrogen-bond donors (Lipinski definition) is 1. The van der Waals surface area contributed by atoms with Crippen LogP contribution >= 0.6 is 23.4 Å². The Morgan fingerprint density at radius 2 is 1.91 bits per heavy atom. The Hall–Kier alpha value is -3.43. The van der Waals surface area contributed by atoms with Gasteiger partial charge in [-0.25, -0.2) is 8.91 Å². The van der Waals surface area contributed by atoms with Gasteiger partial charge < -0.3 is 5.32 Å². The van der Waals surface area contributed by atoms with Gasteiger partial charge >= 0.3 is 0 Å². The Balaban J connectivity index is 1.32. The van der Waals surface area contributed by atoms with Crippen LogP contribution in [0.3, 0.4) is 0 Å². The fourth-order valence-electron chi connectivity index (χ4n) is 3.27. The summed E-state index contributed by atoms with van der Waals surface area (Å²) in [7, 11) is 0. The van der Waals surface area contributed by atoms with Crippen LogP contribution in [-0.2, 0) is 11.3 Å². The van der Waals surface area contributed by atoms with Gasteiger partial charge in [-0.05, 0) is 42.0 Å². The molecular formula is C22H16ClFN6OS. The molecule has 0 spiro atoms. The predicted octanol–water partition coefficient (Wildman–Crippen LogP) is 4.25. The van der Waals surface area contributed by atoms with Gasteiger partial charge in [0.15, 0.2) is 10.8 Å². The Labute approximate surface area is 191 Å². The maximum Gasteiger partial charge on any atom is 0.230 e. The van der Waals surface area contributed by atoms with E-state index in [1.807, 2.05) is 28.7 Å². The molecule has 2 aromatic carbocycles. The molecule has 0 aliphatic carbocycles. The highest BCUT2D eigenvalue weighted by Crippen LogP contribution is 2.24. The van der Waals surface area contributed by atoms with Crippen LogP contribution in [-0.4, -0.2) is 35.9 Å². The second kappa shape index (κ2) is 8.60. The van der Waals surface area contributed by atoms with Crippen molar-refractivity contribution in [2.45, 2.75) is 11.7 Å². The third-order valence-corrected chi connectivity index (χ3v) is 6.20. The molecule has 0 unspecified atom stereocenters. The van der Waals surface area contributed by atoms with Crippen molar-refractivity contribution < 1.29 is 9.18 Å². The number of nitrogens with one attached hydrogen (secondary N) is 1. The minimum Gasteiger partial charge on any atom is -0.351 e. The zero-order valence-electron chi connectivity index (χ0n) is 16.6. The summed E-state index contributed by atoms with van der Waals surface area (Å²) in [6.07, 6.45) is 3.59. The SMILES string of the molecule is O=C(CSc1nnc2c3cc(-c4ccc(F)cc4)nn3ccn12)NCc1ccccc1Cl. The van der Waals surface area contributed by atoms with Crippen molar-refractivity contribution in [3.63, 3.8) is 0 Å². The van der Waals surface area contributed by atoms with E-state index in [2.05, 4.69) is 20.6 Å². The molecule has 1 N–H and O–H groups in total. The number of amides is 1. The standard InChI is InChI=1S/C22H16ClFN6OS/c23-17-4-2-1-3-15(17)12-25-20(31)13-32-22-27-26-21-19-11-18(14-5-7-16(24)8-6-14)28-30(19)10-9-29(21)22/h1-11H,12-13H2,(H,25,31). The molecule has 0 bridgehead atoms. The summed E-state index contributed by atoms with van der Waals surface area (Å²) in [5.41, 5.74) is 3.74. The van der Waals surface area contributed by atoms with Crippen molar-refractivity contribution in [1.29, 1.82) is 0 Å². The van der Waals surface area contributed by atoms with Gasteiger partial charge in [0.1, 0.15) is 11.3 Å². The van der Waals surface area contributed by atoms with Gasteiger partial charge in [0.05, 0.1) is 11.4 Å². The minimum atomic E-state index is -0.296. The van der Waals surface area contributed by atoms with Gasteiger partial charge in [-0.1, -0.05) is 41.6 Å². The normalized spacial score (nSPS) is 11.3. The summed E-state index contributed by atoms with van der Waals surface area (Å²) >= 11 is 7.42. The van der Waals surface area contributed by atoms with Crippen molar-refractivity contribution in [3.05, 3.63) is 83.4 Å². The van der Waals surface area contributed by atoms with Crippen LogP contribution in [0.4, 0.5) is 4.39 Å². The number of nitrogens with zero attached hydrogens (tertiary/aromatic N) is 5. The molecule has 0 aliphatic rings. The maximum atomic E-state index is 13.2.